The van der Waals surface area contributed by atoms with E-state index in [1.807, 2.05) is 0 Å². The molecule has 0 radical (unpaired) electrons. The summed E-state index contributed by atoms with van der Waals surface area (Å²) in [5.41, 5.74) is 0. The Labute approximate surface area is 156 Å². The standard InChI is InChI=1S/C18H30N4O3S/c1-4-22-12-5-6-15(22)14-21-18(19-2)20-11-13-25-16-7-9-17(10-8-16)26(3,23)24/h7-10,15H,4-6,11-14H2,1-3H3,(H2,19,20,21). The minimum atomic E-state index is -3.17. The van der Waals surface area contributed by atoms with Crippen molar-refractivity contribution in [1.82, 2.24) is 15.5 Å². The van der Waals surface area contributed by atoms with Gasteiger partial charge in [-0.05, 0) is 50.2 Å². The van der Waals surface area contributed by atoms with Gasteiger partial charge in [0.25, 0.3) is 0 Å². The largest absolute Gasteiger partial charge is 0.492 e. The molecule has 1 aliphatic heterocycles. The van der Waals surface area contributed by atoms with Crippen LogP contribution in [0.15, 0.2) is 34.2 Å². The van der Waals surface area contributed by atoms with Crippen molar-refractivity contribution in [3.63, 3.8) is 0 Å². The maximum atomic E-state index is 11.4. The van der Waals surface area contributed by atoms with Crippen molar-refractivity contribution in [3.05, 3.63) is 24.3 Å². The lowest BCUT2D eigenvalue weighted by Gasteiger charge is -2.24. The highest BCUT2D eigenvalue weighted by Crippen LogP contribution is 2.16. The van der Waals surface area contributed by atoms with E-state index < -0.39 is 9.84 Å². The van der Waals surface area contributed by atoms with E-state index in [-0.39, 0.29) is 0 Å². The summed E-state index contributed by atoms with van der Waals surface area (Å²) in [4.78, 5) is 7.02. The Morgan fingerprint density at radius 3 is 2.65 bits per heavy atom. The number of benzene rings is 1. The topological polar surface area (TPSA) is 83.0 Å². The molecule has 0 aliphatic carbocycles. The van der Waals surface area contributed by atoms with Crippen molar-refractivity contribution in [3.8, 4) is 5.75 Å². The Morgan fingerprint density at radius 1 is 1.31 bits per heavy atom. The van der Waals surface area contributed by atoms with Gasteiger partial charge in [0.1, 0.15) is 12.4 Å². The number of guanidine groups is 1. The van der Waals surface area contributed by atoms with Crippen LogP contribution in [-0.2, 0) is 9.84 Å². The van der Waals surface area contributed by atoms with Gasteiger partial charge in [0.15, 0.2) is 15.8 Å². The van der Waals surface area contributed by atoms with E-state index in [1.165, 1.54) is 25.6 Å². The van der Waals surface area contributed by atoms with Crippen LogP contribution in [0.3, 0.4) is 0 Å². The lowest BCUT2D eigenvalue weighted by atomic mass is 10.2. The highest BCUT2D eigenvalue weighted by atomic mass is 32.2. The molecule has 2 rings (SSSR count). The molecular formula is C18H30N4O3S. The lowest BCUT2D eigenvalue weighted by molar-refractivity contribution is 0.266. The fourth-order valence-corrected chi connectivity index (χ4v) is 3.73. The second-order valence-corrected chi connectivity index (χ2v) is 8.41. The van der Waals surface area contributed by atoms with Gasteiger partial charge in [-0.2, -0.15) is 0 Å². The molecule has 0 aromatic heterocycles. The summed E-state index contributed by atoms with van der Waals surface area (Å²) >= 11 is 0. The van der Waals surface area contributed by atoms with Crippen molar-refractivity contribution in [1.29, 1.82) is 0 Å². The SMILES string of the molecule is CCN1CCCC1CNC(=NC)NCCOc1ccc(S(C)(=O)=O)cc1. The Bertz CT molecular complexity index is 689. The number of likely N-dealkylation sites (tertiary alicyclic amines) is 1. The first-order valence-electron chi connectivity index (χ1n) is 9.05. The fourth-order valence-electron chi connectivity index (χ4n) is 3.10. The summed E-state index contributed by atoms with van der Waals surface area (Å²) in [6, 6.07) is 7.02. The highest BCUT2D eigenvalue weighted by Gasteiger charge is 2.22. The lowest BCUT2D eigenvalue weighted by Crippen LogP contribution is -2.45. The predicted octanol–water partition coefficient (Wildman–Crippen LogP) is 1.12. The van der Waals surface area contributed by atoms with E-state index in [4.69, 9.17) is 4.74 Å². The number of hydrogen-bond donors (Lipinski definition) is 2. The molecule has 0 saturated carbocycles. The number of hydrogen-bond acceptors (Lipinski definition) is 5. The molecule has 1 heterocycles. The van der Waals surface area contributed by atoms with Crippen LogP contribution in [0.2, 0.25) is 0 Å². The van der Waals surface area contributed by atoms with E-state index >= 15 is 0 Å². The van der Waals surface area contributed by atoms with Crippen LogP contribution < -0.4 is 15.4 Å². The second kappa shape index (κ2) is 9.78. The Hall–Kier alpha value is -1.80. The molecule has 1 aliphatic rings. The molecule has 0 spiro atoms. The summed E-state index contributed by atoms with van der Waals surface area (Å²) in [5, 5.41) is 6.60. The number of rotatable bonds is 8. The van der Waals surface area contributed by atoms with Crippen LogP contribution in [0.25, 0.3) is 0 Å². The van der Waals surface area contributed by atoms with Crippen LogP contribution in [0.4, 0.5) is 0 Å². The third kappa shape index (κ3) is 6.17. The molecule has 1 aromatic rings. The number of sulfone groups is 1. The molecular weight excluding hydrogens is 352 g/mol. The average Bonchev–Trinajstić information content (AvgIpc) is 3.08. The monoisotopic (exact) mass is 382 g/mol. The predicted molar refractivity (Wildman–Crippen MR) is 105 cm³/mol. The van der Waals surface area contributed by atoms with Gasteiger partial charge in [-0.15, -0.1) is 0 Å². The maximum Gasteiger partial charge on any atom is 0.191 e. The van der Waals surface area contributed by atoms with Crippen LogP contribution in [0, 0.1) is 0 Å². The summed E-state index contributed by atoms with van der Waals surface area (Å²) < 4.78 is 28.5. The third-order valence-corrected chi connectivity index (χ3v) is 5.68. The van der Waals surface area contributed by atoms with Gasteiger partial charge < -0.3 is 15.4 Å². The van der Waals surface area contributed by atoms with E-state index in [1.54, 1.807) is 31.3 Å². The van der Waals surface area contributed by atoms with Gasteiger partial charge in [-0.3, -0.25) is 9.89 Å². The fraction of sp³-hybridized carbons (Fsp3) is 0.611. The molecule has 7 nitrogen and oxygen atoms in total. The number of aliphatic imine (C=N–C) groups is 1. The van der Waals surface area contributed by atoms with Crippen molar-refractivity contribution >= 4 is 15.8 Å². The Balaban J connectivity index is 1.69. The molecule has 1 atom stereocenters. The molecule has 1 unspecified atom stereocenters. The number of nitrogens with one attached hydrogen (secondary N) is 2. The number of ether oxygens (including phenoxy) is 1. The molecule has 26 heavy (non-hydrogen) atoms. The summed E-state index contributed by atoms with van der Waals surface area (Å²) in [7, 11) is -1.42. The van der Waals surface area contributed by atoms with Crippen LogP contribution >= 0.6 is 0 Å². The molecule has 0 amide bonds. The first-order chi connectivity index (χ1) is 12.4. The van der Waals surface area contributed by atoms with Crippen molar-refractivity contribution < 1.29 is 13.2 Å². The second-order valence-electron chi connectivity index (χ2n) is 6.40. The van der Waals surface area contributed by atoms with E-state index in [0.717, 1.165) is 19.0 Å². The quantitative estimate of drug-likeness (QED) is 0.398. The molecule has 1 fully saturated rings. The summed E-state index contributed by atoms with van der Waals surface area (Å²) in [6.07, 6.45) is 3.68. The van der Waals surface area contributed by atoms with Gasteiger partial charge in [0, 0.05) is 25.9 Å². The third-order valence-electron chi connectivity index (χ3n) is 4.55. The molecule has 0 bridgehead atoms. The minimum Gasteiger partial charge on any atom is -0.492 e. The molecule has 146 valence electrons. The summed E-state index contributed by atoms with van der Waals surface area (Å²) in [6.45, 7) is 6.43. The van der Waals surface area contributed by atoms with Crippen molar-refractivity contribution in [2.75, 3.05) is 46.1 Å². The van der Waals surface area contributed by atoms with Crippen LogP contribution in [-0.4, -0.2) is 71.4 Å². The summed E-state index contributed by atoms with van der Waals surface area (Å²) in [5.74, 6) is 1.41. The smallest absolute Gasteiger partial charge is 0.191 e. The van der Waals surface area contributed by atoms with Crippen molar-refractivity contribution in [2.24, 2.45) is 4.99 Å². The molecule has 8 heteroatoms. The average molecular weight is 383 g/mol. The number of likely N-dealkylation sites (N-methyl/N-ethyl adjacent to an activating group) is 1. The first-order valence-corrected chi connectivity index (χ1v) is 10.9. The normalized spacial score (nSPS) is 18.7. The molecule has 1 aromatic carbocycles. The van der Waals surface area contributed by atoms with Gasteiger partial charge in [0.05, 0.1) is 11.4 Å². The van der Waals surface area contributed by atoms with E-state index in [2.05, 4.69) is 27.4 Å². The van der Waals surface area contributed by atoms with Crippen LogP contribution in [0.5, 0.6) is 5.75 Å². The van der Waals surface area contributed by atoms with E-state index in [0.29, 0.717) is 29.8 Å². The maximum absolute atomic E-state index is 11.4. The van der Waals surface area contributed by atoms with Gasteiger partial charge >= 0.3 is 0 Å². The molecule has 1 saturated heterocycles. The number of nitrogens with zero attached hydrogens (tertiary/aromatic N) is 2. The zero-order valence-corrected chi connectivity index (χ0v) is 16.7. The first kappa shape index (κ1) is 20.5. The highest BCUT2D eigenvalue weighted by molar-refractivity contribution is 7.90. The Morgan fingerprint density at radius 2 is 2.04 bits per heavy atom. The van der Waals surface area contributed by atoms with Gasteiger partial charge in [0.2, 0.25) is 0 Å². The van der Waals surface area contributed by atoms with Gasteiger partial charge in [-0.25, -0.2) is 8.42 Å². The minimum absolute atomic E-state index is 0.292. The van der Waals surface area contributed by atoms with Gasteiger partial charge in [-0.1, -0.05) is 6.92 Å². The molecule has 2 N–H and O–H groups in total. The zero-order valence-electron chi connectivity index (χ0n) is 15.9. The zero-order chi connectivity index (χ0) is 19.0. The van der Waals surface area contributed by atoms with Crippen molar-refractivity contribution in [2.45, 2.75) is 30.7 Å². The van der Waals surface area contributed by atoms with E-state index in [9.17, 15) is 8.42 Å². The Kier molecular flexibility index (Phi) is 7.71. The van der Waals surface area contributed by atoms with Crippen LogP contribution in [0.1, 0.15) is 19.8 Å².